The Morgan fingerprint density at radius 1 is 1.16 bits per heavy atom. The van der Waals surface area contributed by atoms with Crippen LogP contribution in [0.4, 0.5) is 0 Å². The summed E-state index contributed by atoms with van der Waals surface area (Å²) < 4.78 is 0. The molecule has 2 N–H and O–H groups in total. The van der Waals surface area contributed by atoms with E-state index in [9.17, 15) is 9.90 Å². The van der Waals surface area contributed by atoms with Gasteiger partial charge in [0.1, 0.15) is 0 Å². The maximum absolute atomic E-state index is 12.1. The third-order valence-electron chi connectivity index (χ3n) is 11.1. The second kappa shape index (κ2) is 7.98. The highest BCUT2D eigenvalue weighted by molar-refractivity contribution is 5.73. The number of rotatable bonds is 3. The normalized spacial score (nSPS) is 43.7. The Morgan fingerprint density at radius 2 is 1.81 bits per heavy atom. The van der Waals surface area contributed by atoms with Gasteiger partial charge in [0.05, 0.1) is 6.10 Å². The van der Waals surface area contributed by atoms with E-state index in [0.29, 0.717) is 17.9 Å². The molecule has 2 fully saturated rings. The molecular weight excluding hydrogens is 396 g/mol. The second-order valence-electron chi connectivity index (χ2n) is 12.5. The molecule has 0 spiro atoms. The van der Waals surface area contributed by atoms with Crippen molar-refractivity contribution >= 4 is 5.91 Å². The molecule has 0 aromatic carbocycles. The van der Waals surface area contributed by atoms with Crippen molar-refractivity contribution in [1.82, 2.24) is 10.2 Å². The van der Waals surface area contributed by atoms with Crippen molar-refractivity contribution in [2.24, 2.45) is 34.0 Å². The quantitative estimate of drug-likeness (QED) is 0.651. The SMILES string of the molecule is CN[C@H]1CCC2=CC3=CC[C@]4(C)[C@@H]([C@@H](C)N(C)C(C)=O)[C@H](O)C[C@@]4(C)[C@H]3CC[C@H]2C1(C)C. The highest BCUT2D eigenvalue weighted by Gasteiger charge is 2.64. The molecule has 8 atom stereocenters. The number of carbonyl (C=O) groups is 1. The van der Waals surface area contributed by atoms with Crippen LogP contribution in [0.25, 0.3) is 0 Å². The van der Waals surface area contributed by atoms with Gasteiger partial charge in [-0.15, -0.1) is 0 Å². The molecule has 32 heavy (non-hydrogen) atoms. The Labute approximate surface area is 195 Å². The molecule has 4 rings (SSSR count). The van der Waals surface area contributed by atoms with Crippen molar-refractivity contribution in [3.05, 3.63) is 23.3 Å². The van der Waals surface area contributed by atoms with E-state index in [1.807, 2.05) is 11.9 Å². The maximum atomic E-state index is 12.1. The van der Waals surface area contributed by atoms with Crippen LogP contribution in [-0.4, -0.2) is 48.2 Å². The van der Waals surface area contributed by atoms with Gasteiger partial charge < -0.3 is 15.3 Å². The third-order valence-corrected chi connectivity index (χ3v) is 11.1. The summed E-state index contributed by atoms with van der Waals surface area (Å²) in [5.41, 5.74) is 3.47. The molecule has 1 amide bonds. The average Bonchev–Trinajstić information content (AvgIpc) is 2.83. The van der Waals surface area contributed by atoms with E-state index in [-0.39, 0.29) is 40.2 Å². The van der Waals surface area contributed by atoms with E-state index in [4.69, 9.17) is 0 Å². The maximum Gasteiger partial charge on any atom is 0.219 e. The zero-order chi connectivity index (χ0) is 23.6. The fourth-order valence-electron chi connectivity index (χ4n) is 8.75. The number of nitrogens with zero attached hydrogens (tertiary/aromatic N) is 1. The van der Waals surface area contributed by atoms with Crippen molar-refractivity contribution in [2.45, 2.75) is 98.3 Å². The first-order chi connectivity index (χ1) is 14.9. The number of hydrogen-bond acceptors (Lipinski definition) is 3. The number of amides is 1. The lowest BCUT2D eigenvalue weighted by molar-refractivity contribution is -0.132. The first-order valence-corrected chi connectivity index (χ1v) is 12.9. The molecule has 4 aliphatic rings. The summed E-state index contributed by atoms with van der Waals surface area (Å²) in [4.78, 5) is 14.0. The van der Waals surface area contributed by atoms with Crippen molar-refractivity contribution in [3.63, 3.8) is 0 Å². The van der Waals surface area contributed by atoms with Gasteiger partial charge in [-0.25, -0.2) is 0 Å². The molecule has 4 aliphatic carbocycles. The predicted molar refractivity (Wildman–Crippen MR) is 131 cm³/mol. The van der Waals surface area contributed by atoms with E-state index in [2.05, 4.69) is 59.1 Å². The number of hydrogen-bond donors (Lipinski definition) is 2. The Kier molecular flexibility index (Phi) is 5.98. The summed E-state index contributed by atoms with van der Waals surface area (Å²) in [6.07, 6.45) is 11.4. The second-order valence-corrected chi connectivity index (χ2v) is 12.5. The Bertz CT molecular complexity index is 829. The van der Waals surface area contributed by atoms with Crippen LogP contribution in [0.15, 0.2) is 23.3 Å². The summed E-state index contributed by atoms with van der Waals surface area (Å²) in [5.74, 6) is 1.29. The van der Waals surface area contributed by atoms with Crippen molar-refractivity contribution in [2.75, 3.05) is 14.1 Å². The van der Waals surface area contributed by atoms with E-state index < -0.39 is 0 Å². The van der Waals surface area contributed by atoms with Crippen molar-refractivity contribution in [1.29, 1.82) is 0 Å². The summed E-state index contributed by atoms with van der Waals surface area (Å²) in [6.45, 7) is 13.5. The van der Waals surface area contributed by atoms with Crippen LogP contribution in [0.1, 0.15) is 80.1 Å². The number of nitrogens with one attached hydrogen (secondary N) is 1. The van der Waals surface area contributed by atoms with E-state index in [1.54, 1.807) is 12.5 Å². The van der Waals surface area contributed by atoms with Crippen LogP contribution in [0.2, 0.25) is 0 Å². The van der Waals surface area contributed by atoms with Gasteiger partial charge in [0.25, 0.3) is 0 Å². The van der Waals surface area contributed by atoms with Crippen LogP contribution >= 0.6 is 0 Å². The van der Waals surface area contributed by atoms with Crippen molar-refractivity contribution < 1.29 is 9.90 Å². The molecule has 0 bridgehead atoms. The molecule has 0 aliphatic heterocycles. The third kappa shape index (κ3) is 3.27. The highest BCUT2D eigenvalue weighted by Crippen LogP contribution is 2.68. The molecule has 2 saturated carbocycles. The van der Waals surface area contributed by atoms with Crippen LogP contribution < -0.4 is 5.32 Å². The Morgan fingerprint density at radius 3 is 2.44 bits per heavy atom. The van der Waals surface area contributed by atoms with Crippen LogP contribution in [-0.2, 0) is 4.79 Å². The molecule has 180 valence electrons. The van der Waals surface area contributed by atoms with Gasteiger partial charge in [0.15, 0.2) is 0 Å². The summed E-state index contributed by atoms with van der Waals surface area (Å²) in [5, 5.41) is 15.0. The van der Waals surface area contributed by atoms with E-state index >= 15 is 0 Å². The summed E-state index contributed by atoms with van der Waals surface area (Å²) >= 11 is 0. The van der Waals surface area contributed by atoms with Crippen LogP contribution in [0, 0.1) is 34.0 Å². The molecule has 0 aromatic heterocycles. The zero-order valence-corrected chi connectivity index (χ0v) is 21.7. The van der Waals surface area contributed by atoms with Gasteiger partial charge in [-0.3, -0.25) is 4.79 Å². The molecular formula is C28H46N2O2. The molecule has 0 heterocycles. The average molecular weight is 443 g/mol. The minimum Gasteiger partial charge on any atom is -0.393 e. The lowest BCUT2D eigenvalue weighted by Crippen LogP contribution is -2.51. The fourth-order valence-corrected chi connectivity index (χ4v) is 8.75. The zero-order valence-electron chi connectivity index (χ0n) is 21.7. The number of aliphatic hydroxyl groups excluding tert-OH is 1. The van der Waals surface area contributed by atoms with Crippen LogP contribution in [0.3, 0.4) is 0 Å². The minimum absolute atomic E-state index is 0.0131. The topological polar surface area (TPSA) is 52.6 Å². The molecule has 0 aromatic rings. The number of aliphatic hydroxyl groups is 1. The molecule has 0 saturated heterocycles. The monoisotopic (exact) mass is 442 g/mol. The smallest absolute Gasteiger partial charge is 0.219 e. The largest absolute Gasteiger partial charge is 0.393 e. The van der Waals surface area contributed by atoms with E-state index in [0.717, 1.165) is 12.8 Å². The van der Waals surface area contributed by atoms with Crippen LogP contribution in [0.5, 0.6) is 0 Å². The van der Waals surface area contributed by atoms with Gasteiger partial charge in [-0.1, -0.05) is 45.4 Å². The molecule has 4 nitrogen and oxygen atoms in total. The lowest BCUT2D eigenvalue weighted by atomic mass is 9.51. The predicted octanol–water partition coefficient (Wildman–Crippen LogP) is 4.94. The van der Waals surface area contributed by atoms with Gasteiger partial charge in [-0.05, 0) is 86.2 Å². The van der Waals surface area contributed by atoms with Crippen molar-refractivity contribution in [3.8, 4) is 0 Å². The van der Waals surface area contributed by atoms with Gasteiger partial charge in [0.2, 0.25) is 5.91 Å². The minimum atomic E-state index is -0.363. The first-order valence-electron chi connectivity index (χ1n) is 12.9. The fraction of sp³-hybridized carbons (Fsp3) is 0.821. The number of allylic oxidation sites excluding steroid dienone is 4. The van der Waals surface area contributed by atoms with Gasteiger partial charge in [0, 0.05) is 32.0 Å². The highest BCUT2D eigenvalue weighted by atomic mass is 16.3. The lowest BCUT2D eigenvalue weighted by Gasteiger charge is -2.53. The van der Waals surface area contributed by atoms with Gasteiger partial charge >= 0.3 is 0 Å². The Balaban J connectivity index is 1.70. The Hall–Kier alpha value is -1.13. The standard InChI is InChI=1S/C28H46N2O2/c1-17(30(8)18(2)31)25-23(32)16-28(6)22-11-10-21-19(9-12-24(29-7)26(21,3)4)15-20(22)13-14-27(25,28)5/h13,15,17,21-25,29,32H,9-12,14,16H2,1-8H3/t17-,21-,22+,23-,24+,25+,27-,28+/m1/s1. The molecule has 0 radical (unpaired) electrons. The molecule has 4 heteroatoms. The number of fused-ring (bicyclic) bond motifs is 4. The summed E-state index contributed by atoms with van der Waals surface area (Å²) in [7, 11) is 4.01. The summed E-state index contributed by atoms with van der Waals surface area (Å²) in [6, 6.07) is 0.603. The van der Waals surface area contributed by atoms with Gasteiger partial charge in [-0.2, -0.15) is 0 Å². The van der Waals surface area contributed by atoms with E-state index in [1.165, 1.54) is 31.3 Å². The number of carbonyl (C=O) groups excluding carboxylic acids is 1. The first kappa shape index (κ1) is 24.0. The molecule has 0 unspecified atom stereocenters.